The molecule has 1 aliphatic carbocycles. The third-order valence-electron chi connectivity index (χ3n) is 6.73. The van der Waals surface area contributed by atoms with Crippen LogP contribution in [0.3, 0.4) is 0 Å². The molecule has 2 aromatic heterocycles. The van der Waals surface area contributed by atoms with Gasteiger partial charge in [0.1, 0.15) is 12.4 Å². The topological polar surface area (TPSA) is 106 Å². The molecule has 2 unspecified atom stereocenters. The maximum absolute atomic E-state index is 15.2. The van der Waals surface area contributed by atoms with Gasteiger partial charge in [0.2, 0.25) is 11.8 Å². The number of rotatable bonds is 6. The molecule has 2 atom stereocenters. The molecule has 0 radical (unpaired) electrons. The molecule has 2 aliphatic heterocycles. The van der Waals surface area contributed by atoms with Crippen molar-refractivity contribution >= 4 is 5.95 Å². The van der Waals surface area contributed by atoms with E-state index in [9.17, 15) is 4.39 Å². The van der Waals surface area contributed by atoms with Crippen LogP contribution in [0.25, 0.3) is 0 Å². The van der Waals surface area contributed by atoms with Crippen LogP contribution in [-0.4, -0.2) is 52.3 Å². The van der Waals surface area contributed by atoms with Crippen molar-refractivity contribution in [2.75, 3.05) is 31.2 Å². The van der Waals surface area contributed by atoms with Crippen LogP contribution >= 0.6 is 0 Å². The lowest BCUT2D eigenvalue weighted by atomic mass is 9.84. The monoisotopic (exact) mass is 492 g/mol. The first-order valence-corrected chi connectivity index (χ1v) is 11.8. The van der Waals surface area contributed by atoms with Crippen molar-refractivity contribution in [2.45, 2.75) is 24.9 Å². The molecule has 2 bridgehead atoms. The van der Waals surface area contributed by atoms with E-state index >= 15 is 4.39 Å². The highest BCUT2D eigenvalue weighted by molar-refractivity contribution is 5.38. The third kappa shape index (κ3) is 4.40. The van der Waals surface area contributed by atoms with Crippen LogP contribution in [-0.2, 0) is 4.74 Å². The quantitative estimate of drug-likeness (QED) is 0.510. The molecule has 0 amide bonds. The third-order valence-corrected chi connectivity index (χ3v) is 6.73. The second-order valence-corrected chi connectivity index (χ2v) is 9.29. The number of anilines is 1. The summed E-state index contributed by atoms with van der Waals surface area (Å²) in [7, 11) is 0. The van der Waals surface area contributed by atoms with Crippen molar-refractivity contribution < 1.29 is 23.0 Å². The van der Waals surface area contributed by atoms with Crippen LogP contribution in [0.5, 0.6) is 17.5 Å². The van der Waals surface area contributed by atoms with Gasteiger partial charge in [-0.15, -0.1) is 0 Å². The maximum Gasteiger partial charge on any atom is 0.263 e. The van der Waals surface area contributed by atoms with Gasteiger partial charge in [-0.2, -0.15) is 19.6 Å². The van der Waals surface area contributed by atoms with Gasteiger partial charge >= 0.3 is 0 Å². The number of halogens is 2. The summed E-state index contributed by atoms with van der Waals surface area (Å²) in [5.74, 6) is -1.58. The van der Waals surface area contributed by atoms with Crippen LogP contribution in [0, 0.1) is 34.8 Å². The zero-order valence-corrected chi connectivity index (χ0v) is 19.2. The van der Waals surface area contributed by atoms with Gasteiger partial charge in [0.25, 0.3) is 11.8 Å². The highest BCUT2D eigenvalue weighted by Crippen LogP contribution is 2.40. The Hall–Kier alpha value is -3.91. The standard InChI is InChI=1S/C25H22F2N6O3/c26-19-5-14(6-28)1-4-20(19)35-23-21(27)24(32-13-31-23)36-22-17-9-33(10-18(22)12-34-11-17)25-29-7-16(8-30-25)15-2-3-15/h1,4-5,7-8,13,15,17-18,22H,2-3,9-12H2. The first kappa shape index (κ1) is 22.5. The Morgan fingerprint density at radius 2 is 1.72 bits per heavy atom. The molecule has 3 fully saturated rings. The number of fused-ring (bicyclic) bond motifs is 2. The predicted octanol–water partition coefficient (Wildman–Crippen LogP) is 3.62. The summed E-state index contributed by atoms with van der Waals surface area (Å²) in [6.45, 7) is 2.08. The summed E-state index contributed by atoms with van der Waals surface area (Å²) >= 11 is 0. The van der Waals surface area contributed by atoms with Gasteiger partial charge in [-0.05, 0) is 42.5 Å². The Morgan fingerprint density at radius 3 is 2.39 bits per heavy atom. The fourth-order valence-corrected chi connectivity index (χ4v) is 4.76. The van der Waals surface area contributed by atoms with Crippen molar-refractivity contribution in [1.82, 2.24) is 19.9 Å². The van der Waals surface area contributed by atoms with Gasteiger partial charge in [0, 0.05) is 37.3 Å². The average molecular weight is 492 g/mol. The van der Waals surface area contributed by atoms with E-state index in [1.165, 1.54) is 30.5 Å². The molecule has 0 N–H and O–H groups in total. The van der Waals surface area contributed by atoms with E-state index in [0.29, 0.717) is 38.2 Å². The Labute approximate surface area is 205 Å². The minimum atomic E-state index is -0.929. The SMILES string of the molecule is N#Cc1ccc(Oc2ncnc(OC3C4COCC3CN(c3ncc(C5CC5)cn3)C4)c2F)c(F)c1. The van der Waals surface area contributed by atoms with Gasteiger partial charge in [0.05, 0.1) is 24.8 Å². The van der Waals surface area contributed by atoms with Crippen molar-refractivity contribution in [1.29, 1.82) is 5.26 Å². The number of aromatic nitrogens is 4. The minimum Gasteiger partial charge on any atom is -0.471 e. The van der Waals surface area contributed by atoms with Crippen LogP contribution < -0.4 is 14.4 Å². The Bertz CT molecular complexity index is 1300. The van der Waals surface area contributed by atoms with Crippen LogP contribution in [0.15, 0.2) is 36.9 Å². The Balaban J connectivity index is 1.18. The number of hydrogen-bond acceptors (Lipinski definition) is 9. The summed E-state index contributed by atoms with van der Waals surface area (Å²) < 4.78 is 46.6. The Morgan fingerprint density at radius 1 is 1.00 bits per heavy atom. The van der Waals surface area contributed by atoms with Gasteiger partial charge in [-0.25, -0.2) is 14.4 Å². The lowest BCUT2D eigenvalue weighted by molar-refractivity contribution is -0.0782. The Kier molecular flexibility index (Phi) is 5.81. The molecule has 1 aromatic carbocycles. The van der Waals surface area contributed by atoms with E-state index in [0.717, 1.165) is 12.4 Å². The fraction of sp³-hybridized carbons (Fsp3) is 0.400. The predicted molar refractivity (Wildman–Crippen MR) is 122 cm³/mol. The molecule has 6 rings (SSSR count). The summed E-state index contributed by atoms with van der Waals surface area (Å²) in [5.41, 5.74) is 1.30. The van der Waals surface area contributed by atoms with Gasteiger partial charge in [0.15, 0.2) is 11.6 Å². The largest absolute Gasteiger partial charge is 0.471 e. The maximum atomic E-state index is 15.2. The van der Waals surface area contributed by atoms with Gasteiger partial charge < -0.3 is 19.1 Å². The first-order valence-electron chi connectivity index (χ1n) is 11.8. The number of ether oxygens (including phenoxy) is 3. The normalized spacial score (nSPS) is 23.1. The molecule has 184 valence electrons. The highest BCUT2D eigenvalue weighted by atomic mass is 19.1. The van der Waals surface area contributed by atoms with E-state index in [-0.39, 0.29) is 35.1 Å². The highest BCUT2D eigenvalue weighted by Gasteiger charge is 2.43. The van der Waals surface area contributed by atoms with Crippen molar-refractivity contribution in [3.63, 3.8) is 0 Å². The summed E-state index contributed by atoms with van der Waals surface area (Å²) in [5, 5.41) is 8.89. The van der Waals surface area contributed by atoms with E-state index < -0.39 is 17.5 Å². The van der Waals surface area contributed by atoms with Crippen LogP contribution in [0.2, 0.25) is 0 Å². The molecule has 2 saturated heterocycles. The molecular weight excluding hydrogens is 470 g/mol. The second-order valence-electron chi connectivity index (χ2n) is 9.29. The molecule has 0 spiro atoms. The summed E-state index contributed by atoms with van der Waals surface area (Å²) in [6, 6.07) is 5.44. The number of piperidine rings is 1. The van der Waals surface area contributed by atoms with Crippen LogP contribution in [0.1, 0.15) is 29.9 Å². The zero-order valence-electron chi connectivity index (χ0n) is 19.2. The van der Waals surface area contributed by atoms with Crippen LogP contribution in [0.4, 0.5) is 14.7 Å². The molecule has 9 nitrogen and oxygen atoms in total. The smallest absolute Gasteiger partial charge is 0.263 e. The van der Waals surface area contributed by atoms with Crippen molar-refractivity contribution in [3.05, 3.63) is 59.7 Å². The summed E-state index contributed by atoms with van der Waals surface area (Å²) in [6.07, 6.45) is 6.96. The van der Waals surface area contributed by atoms with E-state index in [2.05, 4.69) is 24.8 Å². The van der Waals surface area contributed by atoms with Gasteiger partial charge in [-0.1, -0.05) is 0 Å². The minimum absolute atomic E-state index is 0.0566. The van der Waals surface area contributed by atoms with E-state index in [1.807, 2.05) is 18.5 Å². The molecule has 3 aliphatic rings. The number of hydrogen-bond donors (Lipinski definition) is 0. The number of nitriles is 1. The molecule has 3 aromatic rings. The zero-order chi connectivity index (χ0) is 24.6. The average Bonchev–Trinajstić information content (AvgIpc) is 3.73. The second kappa shape index (κ2) is 9.28. The van der Waals surface area contributed by atoms with Crippen molar-refractivity contribution in [2.24, 2.45) is 11.8 Å². The van der Waals surface area contributed by atoms with E-state index in [1.54, 1.807) is 0 Å². The van der Waals surface area contributed by atoms with E-state index in [4.69, 9.17) is 19.5 Å². The first-order chi connectivity index (χ1) is 17.6. The molecule has 36 heavy (non-hydrogen) atoms. The molecule has 11 heteroatoms. The lowest BCUT2D eigenvalue weighted by Crippen LogP contribution is -2.58. The fourth-order valence-electron chi connectivity index (χ4n) is 4.76. The number of nitrogens with zero attached hydrogens (tertiary/aromatic N) is 6. The lowest BCUT2D eigenvalue weighted by Gasteiger charge is -2.46. The molecular formula is C25H22F2N6O3. The van der Waals surface area contributed by atoms with Gasteiger partial charge in [-0.3, -0.25) is 0 Å². The molecule has 4 heterocycles. The van der Waals surface area contributed by atoms with Crippen molar-refractivity contribution in [3.8, 4) is 23.6 Å². The summed E-state index contributed by atoms with van der Waals surface area (Å²) in [4.78, 5) is 19.0. The molecule has 1 saturated carbocycles. The number of benzene rings is 1.